The van der Waals surface area contributed by atoms with Gasteiger partial charge in [0.25, 0.3) is 0 Å². The molecule has 0 bridgehead atoms. The van der Waals surface area contributed by atoms with E-state index in [0.717, 1.165) is 0 Å². The second-order valence-electron chi connectivity index (χ2n) is 7.26. The fraction of sp³-hybridized carbons (Fsp3) is 0.824. The maximum atomic E-state index is 12.6. The molecule has 7 heteroatoms. The average Bonchev–Trinajstić information content (AvgIpc) is 2.46. The van der Waals surface area contributed by atoms with E-state index in [1.807, 2.05) is 13.8 Å². The van der Waals surface area contributed by atoms with Crippen molar-refractivity contribution in [1.82, 2.24) is 10.6 Å². The number of ether oxygens (including phenoxy) is 2. The number of hydrogen-bond donors (Lipinski definition) is 2. The van der Waals surface area contributed by atoms with Crippen LogP contribution in [0.2, 0.25) is 0 Å². The monoisotopic (exact) mass is 344 g/mol. The Balaban J connectivity index is 5.13. The van der Waals surface area contributed by atoms with Crippen LogP contribution in [0.5, 0.6) is 0 Å². The third-order valence-corrected chi connectivity index (χ3v) is 3.59. The molecular formula is C17H32N2O5. The molecule has 0 aliphatic heterocycles. The summed E-state index contributed by atoms with van der Waals surface area (Å²) >= 11 is 0. The van der Waals surface area contributed by atoms with E-state index in [1.54, 1.807) is 34.6 Å². The second-order valence-corrected chi connectivity index (χ2v) is 7.26. The molecule has 0 aromatic rings. The van der Waals surface area contributed by atoms with Crippen LogP contribution in [0.25, 0.3) is 0 Å². The standard InChI is InChI=1S/C17H32N2O5/c1-9-11(4)13(19-16(22)24-17(5,6)7)14(20)18-12(10(2)3)15(21)23-8/h10-13H,9H2,1-8H3,(H,18,20)(H,19,22)/t11?,12-,13-/m0/s1. The zero-order chi connectivity index (χ0) is 19.1. The number of esters is 1. The number of amides is 2. The van der Waals surface area contributed by atoms with E-state index in [-0.39, 0.29) is 11.8 Å². The molecule has 140 valence electrons. The fourth-order valence-corrected chi connectivity index (χ4v) is 2.00. The number of nitrogens with one attached hydrogen (secondary N) is 2. The van der Waals surface area contributed by atoms with Crippen LogP contribution in [-0.2, 0) is 19.1 Å². The number of carbonyl (C=O) groups is 3. The van der Waals surface area contributed by atoms with Gasteiger partial charge in [-0.05, 0) is 32.6 Å². The van der Waals surface area contributed by atoms with Gasteiger partial charge in [0.2, 0.25) is 5.91 Å². The van der Waals surface area contributed by atoms with Gasteiger partial charge in [-0.25, -0.2) is 9.59 Å². The van der Waals surface area contributed by atoms with Crippen LogP contribution in [0, 0.1) is 11.8 Å². The van der Waals surface area contributed by atoms with E-state index in [9.17, 15) is 14.4 Å². The number of hydrogen-bond acceptors (Lipinski definition) is 5. The van der Waals surface area contributed by atoms with Crippen molar-refractivity contribution in [2.24, 2.45) is 11.8 Å². The topological polar surface area (TPSA) is 93.7 Å². The molecule has 3 atom stereocenters. The van der Waals surface area contributed by atoms with Gasteiger partial charge in [-0.15, -0.1) is 0 Å². The molecule has 7 nitrogen and oxygen atoms in total. The van der Waals surface area contributed by atoms with Crippen molar-refractivity contribution in [1.29, 1.82) is 0 Å². The van der Waals surface area contributed by atoms with Crippen LogP contribution in [0.1, 0.15) is 54.9 Å². The number of alkyl carbamates (subject to hydrolysis) is 1. The van der Waals surface area contributed by atoms with Gasteiger partial charge in [-0.2, -0.15) is 0 Å². The molecule has 0 rings (SSSR count). The van der Waals surface area contributed by atoms with Gasteiger partial charge in [0.1, 0.15) is 17.7 Å². The minimum Gasteiger partial charge on any atom is -0.467 e. The smallest absolute Gasteiger partial charge is 0.408 e. The lowest BCUT2D eigenvalue weighted by molar-refractivity contribution is -0.146. The summed E-state index contributed by atoms with van der Waals surface area (Å²) in [4.78, 5) is 36.4. The molecule has 2 N–H and O–H groups in total. The summed E-state index contributed by atoms with van der Waals surface area (Å²) in [6.45, 7) is 12.6. The van der Waals surface area contributed by atoms with Crippen molar-refractivity contribution in [2.75, 3.05) is 7.11 Å². The molecule has 0 aromatic carbocycles. The third kappa shape index (κ3) is 7.66. The number of rotatable bonds is 7. The zero-order valence-corrected chi connectivity index (χ0v) is 16.1. The van der Waals surface area contributed by atoms with Crippen LogP contribution in [0.15, 0.2) is 0 Å². The molecular weight excluding hydrogens is 312 g/mol. The van der Waals surface area contributed by atoms with Crippen molar-refractivity contribution in [3.8, 4) is 0 Å². The maximum absolute atomic E-state index is 12.6. The summed E-state index contributed by atoms with van der Waals surface area (Å²) in [6, 6.07) is -1.56. The molecule has 0 fully saturated rings. The van der Waals surface area contributed by atoms with Crippen molar-refractivity contribution < 1.29 is 23.9 Å². The first-order valence-corrected chi connectivity index (χ1v) is 8.30. The van der Waals surface area contributed by atoms with E-state index in [0.29, 0.717) is 6.42 Å². The van der Waals surface area contributed by atoms with E-state index in [1.165, 1.54) is 7.11 Å². The Hall–Kier alpha value is -1.79. The Bertz CT molecular complexity index is 443. The molecule has 0 aliphatic carbocycles. The van der Waals surface area contributed by atoms with E-state index in [4.69, 9.17) is 9.47 Å². The Morgan fingerprint density at radius 1 is 1.00 bits per heavy atom. The Morgan fingerprint density at radius 3 is 1.92 bits per heavy atom. The van der Waals surface area contributed by atoms with E-state index in [2.05, 4.69) is 10.6 Å². The van der Waals surface area contributed by atoms with Crippen molar-refractivity contribution in [3.05, 3.63) is 0 Å². The Morgan fingerprint density at radius 2 is 1.54 bits per heavy atom. The highest BCUT2D eigenvalue weighted by atomic mass is 16.6. The lowest BCUT2D eigenvalue weighted by Gasteiger charge is -2.28. The van der Waals surface area contributed by atoms with Crippen molar-refractivity contribution in [3.63, 3.8) is 0 Å². The minimum absolute atomic E-state index is 0.122. The molecule has 0 spiro atoms. The molecule has 0 saturated heterocycles. The Kier molecular flexibility index (Phi) is 8.78. The first-order valence-electron chi connectivity index (χ1n) is 8.30. The van der Waals surface area contributed by atoms with Crippen LogP contribution in [0.3, 0.4) is 0 Å². The zero-order valence-electron chi connectivity index (χ0n) is 16.1. The lowest BCUT2D eigenvalue weighted by Crippen LogP contribution is -2.56. The number of methoxy groups -OCH3 is 1. The maximum Gasteiger partial charge on any atom is 0.408 e. The highest BCUT2D eigenvalue weighted by Crippen LogP contribution is 2.12. The predicted octanol–water partition coefficient (Wildman–Crippen LogP) is 2.24. The first kappa shape index (κ1) is 22.2. The highest BCUT2D eigenvalue weighted by Gasteiger charge is 2.32. The summed E-state index contributed by atoms with van der Waals surface area (Å²) in [5.74, 6) is -1.21. The minimum atomic E-state index is -0.796. The molecule has 0 saturated carbocycles. The van der Waals surface area contributed by atoms with Gasteiger partial charge in [0.15, 0.2) is 0 Å². The van der Waals surface area contributed by atoms with Gasteiger partial charge in [0.05, 0.1) is 7.11 Å². The van der Waals surface area contributed by atoms with Gasteiger partial charge >= 0.3 is 12.1 Å². The predicted molar refractivity (Wildman–Crippen MR) is 91.4 cm³/mol. The summed E-state index contributed by atoms with van der Waals surface area (Å²) in [5.41, 5.74) is -0.660. The molecule has 1 unspecified atom stereocenters. The normalized spacial score (nSPS) is 15.2. The molecule has 2 amide bonds. The summed E-state index contributed by atoms with van der Waals surface area (Å²) in [5, 5.41) is 5.27. The van der Waals surface area contributed by atoms with Crippen molar-refractivity contribution >= 4 is 18.0 Å². The van der Waals surface area contributed by atoms with Crippen LogP contribution < -0.4 is 10.6 Å². The SMILES string of the molecule is CCC(C)[C@H](NC(=O)OC(C)(C)C)C(=O)N[C@H](C(=O)OC)C(C)C. The van der Waals surface area contributed by atoms with Crippen LogP contribution in [-0.4, -0.2) is 42.8 Å². The molecule has 0 aromatic heterocycles. The molecule has 0 aliphatic rings. The largest absolute Gasteiger partial charge is 0.467 e. The second kappa shape index (κ2) is 9.49. The average molecular weight is 344 g/mol. The fourth-order valence-electron chi connectivity index (χ4n) is 2.00. The van der Waals surface area contributed by atoms with Gasteiger partial charge in [-0.1, -0.05) is 34.1 Å². The third-order valence-electron chi connectivity index (χ3n) is 3.59. The summed E-state index contributed by atoms with van der Waals surface area (Å²) in [7, 11) is 1.27. The summed E-state index contributed by atoms with van der Waals surface area (Å²) < 4.78 is 9.93. The summed E-state index contributed by atoms with van der Waals surface area (Å²) in [6.07, 6.45) is 0.0143. The molecule has 24 heavy (non-hydrogen) atoms. The highest BCUT2D eigenvalue weighted by molar-refractivity contribution is 5.90. The van der Waals surface area contributed by atoms with Crippen molar-refractivity contribution in [2.45, 2.75) is 72.6 Å². The quantitative estimate of drug-likeness (QED) is 0.691. The molecule has 0 radical (unpaired) electrons. The first-order chi connectivity index (χ1) is 10.9. The van der Waals surface area contributed by atoms with E-state index < -0.39 is 35.7 Å². The van der Waals surface area contributed by atoms with Crippen LogP contribution >= 0.6 is 0 Å². The van der Waals surface area contributed by atoms with Gasteiger partial charge in [0, 0.05) is 0 Å². The van der Waals surface area contributed by atoms with Gasteiger partial charge in [-0.3, -0.25) is 4.79 Å². The van der Waals surface area contributed by atoms with Gasteiger partial charge < -0.3 is 20.1 Å². The van der Waals surface area contributed by atoms with Crippen LogP contribution in [0.4, 0.5) is 4.79 Å². The Labute approximate surface area is 144 Å². The lowest BCUT2D eigenvalue weighted by atomic mass is 9.97. The molecule has 0 heterocycles. The van der Waals surface area contributed by atoms with E-state index >= 15 is 0 Å². The number of carbonyl (C=O) groups excluding carboxylic acids is 3.